The molecule has 0 fully saturated rings. The molecule has 0 radical (unpaired) electrons. The van der Waals surface area contributed by atoms with E-state index >= 15 is 0 Å². The molecule has 1 aliphatic rings. The molecule has 1 unspecified atom stereocenters. The van der Waals surface area contributed by atoms with Gasteiger partial charge in [0.15, 0.2) is 0 Å². The topological polar surface area (TPSA) is 59.5 Å². The van der Waals surface area contributed by atoms with Crippen molar-refractivity contribution in [3.05, 3.63) is 57.6 Å². The number of carbonyl (C=O) groups is 2. The molecule has 6 heteroatoms. The number of benzene rings is 1. The fourth-order valence-corrected chi connectivity index (χ4v) is 3.49. The van der Waals surface area contributed by atoms with Crippen LogP contribution in [0.5, 0.6) is 0 Å². The number of hydrogen-bond donors (Lipinski definition) is 0. The summed E-state index contributed by atoms with van der Waals surface area (Å²) in [4.78, 5) is 31.4. The smallest absolute Gasteiger partial charge is 0.328 e. The highest BCUT2D eigenvalue weighted by Gasteiger charge is 2.34. The second kappa shape index (κ2) is 6.97. The summed E-state index contributed by atoms with van der Waals surface area (Å²) in [5.74, 6) is -0.592. The Morgan fingerprint density at radius 3 is 2.75 bits per heavy atom. The van der Waals surface area contributed by atoms with Crippen molar-refractivity contribution in [2.45, 2.75) is 25.9 Å². The minimum absolute atomic E-state index is 0.203. The van der Waals surface area contributed by atoms with E-state index in [9.17, 15) is 9.59 Å². The molecule has 24 heavy (non-hydrogen) atoms. The summed E-state index contributed by atoms with van der Waals surface area (Å²) >= 11 is 1.52. The van der Waals surface area contributed by atoms with Gasteiger partial charge in [0.2, 0.25) is 5.91 Å². The van der Waals surface area contributed by atoms with E-state index in [1.54, 1.807) is 17.2 Å². The van der Waals surface area contributed by atoms with E-state index < -0.39 is 6.04 Å². The standard InChI is InChI=1S/C18H18N2O3S/c1-12-19-10-15(24-12)7-8-17(21)20-11-14-6-4-3-5-13(14)9-16(20)18(22)23-2/h3-8,10,16H,9,11H2,1-2H3/b8-7+. The SMILES string of the molecule is COC(=O)C1Cc2ccccc2CN1C(=O)/C=C/c1cnc(C)s1. The zero-order valence-electron chi connectivity index (χ0n) is 13.6. The Balaban J connectivity index is 1.84. The van der Waals surface area contributed by atoms with E-state index in [4.69, 9.17) is 4.74 Å². The Hall–Kier alpha value is -2.47. The highest BCUT2D eigenvalue weighted by Crippen LogP contribution is 2.24. The van der Waals surface area contributed by atoms with E-state index in [1.807, 2.05) is 31.2 Å². The van der Waals surface area contributed by atoms with Crippen LogP contribution in [0.1, 0.15) is 21.0 Å². The third-order valence-corrected chi connectivity index (χ3v) is 4.91. The van der Waals surface area contributed by atoms with Gasteiger partial charge in [0.1, 0.15) is 6.04 Å². The molecule has 1 aromatic heterocycles. The Morgan fingerprint density at radius 1 is 1.33 bits per heavy atom. The van der Waals surface area contributed by atoms with Crippen LogP contribution in [0.4, 0.5) is 0 Å². The Bertz CT molecular complexity index is 797. The van der Waals surface area contributed by atoms with Gasteiger partial charge in [-0.05, 0) is 24.1 Å². The summed E-state index contributed by atoms with van der Waals surface area (Å²) in [6.07, 6.45) is 5.44. The molecule has 1 aliphatic heterocycles. The Labute approximate surface area is 144 Å². The first-order valence-electron chi connectivity index (χ1n) is 7.64. The van der Waals surface area contributed by atoms with Gasteiger partial charge in [0, 0.05) is 30.1 Å². The second-order valence-corrected chi connectivity index (χ2v) is 6.86. The van der Waals surface area contributed by atoms with Gasteiger partial charge in [0.25, 0.3) is 0 Å². The number of aromatic nitrogens is 1. The maximum absolute atomic E-state index is 12.6. The third-order valence-electron chi connectivity index (χ3n) is 4.03. The number of rotatable bonds is 3. The summed E-state index contributed by atoms with van der Waals surface area (Å²) in [6, 6.07) is 7.26. The monoisotopic (exact) mass is 342 g/mol. The van der Waals surface area contributed by atoms with Crippen LogP contribution in [0.25, 0.3) is 6.08 Å². The number of methoxy groups -OCH3 is 1. The molecular weight excluding hydrogens is 324 g/mol. The van der Waals surface area contributed by atoms with E-state index in [0.717, 1.165) is 21.0 Å². The summed E-state index contributed by atoms with van der Waals surface area (Å²) in [5.41, 5.74) is 2.15. The van der Waals surface area contributed by atoms with Gasteiger partial charge in [-0.1, -0.05) is 24.3 Å². The molecular formula is C18H18N2O3S. The Morgan fingerprint density at radius 2 is 2.08 bits per heavy atom. The van der Waals surface area contributed by atoms with E-state index in [1.165, 1.54) is 24.5 Å². The fourth-order valence-electron chi connectivity index (χ4n) is 2.81. The van der Waals surface area contributed by atoms with Gasteiger partial charge in [-0.2, -0.15) is 0 Å². The number of fused-ring (bicyclic) bond motifs is 1. The quantitative estimate of drug-likeness (QED) is 0.635. The van der Waals surface area contributed by atoms with Crippen molar-refractivity contribution in [3.8, 4) is 0 Å². The van der Waals surface area contributed by atoms with Crippen molar-refractivity contribution >= 4 is 29.3 Å². The molecule has 1 atom stereocenters. The number of thiazole rings is 1. The molecule has 1 aromatic carbocycles. The van der Waals surface area contributed by atoms with E-state index in [0.29, 0.717) is 13.0 Å². The summed E-state index contributed by atoms with van der Waals surface area (Å²) in [6.45, 7) is 2.32. The zero-order valence-corrected chi connectivity index (χ0v) is 14.4. The van der Waals surface area contributed by atoms with Crippen molar-refractivity contribution in [2.24, 2.45) is 0 Å². The van der Waals surface area contributed by atoms with Gasteiger partial charge in [-0.25, -0.2) is 9.78 Å². The first-order chi connectivity index (χ1) is 11.6. The van der Waals surface area contributed by atoms with Crippen molar-refractivity contribution in [1.29, 1.82) is 0 Å². The number of amides is 1. The molecule has 0 aliphatic carbocycles. The van der Waals surface area contributed by atoms with Gasteiger partial charge in [-0.15, -0.1) is 11.3 Å². The lowest BCUT2D eigenvalue weighted by atomic mass is 9.94. The van der Waals surface area contributed by atoms with Crippen molar-refractivity contribution in [2.75, 3.05) is 7.11 Å². The van der Waals surface area contributed by atoms with Crippen molar-refractivity contribution < 1.29 is 14.3 Å². The molecule has 3 rings (SSSR count). The lowest BCUT2D eigenvalue weighted by Crippen LogP contribution is -2.48. The van der Waals surface area contributed by atoms with Gasteiger partial charge in [0.05, 0.1) is 12.1 Å². The largest absolute Gasteiger partial charge is 0.467 e. The predicted octanol–water partition coefficient (Wildman–Crippen LogP) is 2.59. The molecule has 2 aromatic rings. The van der Waals surface area contributed by atoms with Gasteiger partial charge >= 0.3 is 5.97 Å². The molecule has 0 bridgehead atoms. The number of esters is 1. The van der Waals surface area contributed by atoms with Crippen LogP contribution in [0.2, 0.25) is 0 Å². The number of carbonyl (C=O) groups excluding carboxylic acids is 2. The normalized spacial score (nSPS) is 16.9. The minimum Gasteiger partial charge on any atom is -0.467 e. The molecule has 0 saturated heterocycles. The van der Waals surface area contributed by atoms with Crippen LogP contribution < -0.4 is 0 Å². The van der Waals surface area contributed by atoms with E-state index in [2.05, 4.69) is 4.98 Å². The lowest BCUT2D eigenvalue weighted by Gasteiger charge is -2.34. The minimum atomic E-state index is -0.592. The first kappa shape index (κ1) is 16.4. The highest BCUT2D eigenvalue weighted by molar-refractivity contribution is 7.12. The van der Waals surface area contributed by atoms with Crippen LogP contribution in [0.3, 0.4) is 0 Å². The number of hydrogen-bond acceptors (Lipinski definition) is 5. The fraction of sp³-hybridized carbons (Fsp3) is 0.278. The summed E-state index contributed by atoms with van der Waals surface area (Å²) in [7, 11) is 1.35. The Kier molecular flexibility index (Phi) is 4.76. The molecule has 2 heterocycles. The van der Waals surface area contributed by atoms with E-state index in [-0.39, 0.29) is 11.9 Å². The molecule has 0 saturated carbocycles. The number of ether oxygens (including phenoxy) is 1. The maximum atomic E-state index is 12.6. The van der Waals surface area contributed by atoms with Crippen LogP contribution in [-0.4, -0.2) is 34.9 Å². The molecule has 0 spiro atoms. The molecule has 1 amide bonds. The van der Waals surface area contributed by atoms with Crippen LogP contribution >= 0.6 is 11.3 Å². The molecule has 0 N–H and O–H groups in total. The van der Waals surface area contributed by atoms with Crippen LogP contribution in [0, 0.1) is 6.92 Å². The molecule has 124 valence electrons. The van der Waals surface area contributed by atoms with Crippen molar-refractivity contribution in [3.63, 3.8) is 0 Å². The highest BCUT2D eigenvalue weighted by atomic mass is 32.1. The lowest BCUT2D eigenvalue weighted by molar-refractivity contribution is -0.152. The third kappa shape index (κ3) is 3.38. The second-order valence-electron chi connectivity index (χ2n) is 5.59. The maximum Gasteiger partial charge on any atom is 0.328 e. The van der Waals surface area contributed by atoms with Gasteiger partial charge in [-0.3, -0.25) is 4.79 Å². The molecule has 5 nitrogen and oxygen atoms in total. The van der Waals surface area contributed by atoms with Crippen LogP contribution in [-0.2, 0) is 27.3 Å². The number of nitrogens with zero attached hydrogens (tertiary/aromatic N) is 2. The average molecular weight is 342 g/mol. The predicted molar refractivity (Wildman–Crippen MR) is 92.4 cm³/mol. The average Bonchev–Trinajstić information content (AvgIpc) is 3.03. The van der Waals surface area contributed by atoms with Gasteiger partial charge < -0.3 is 9.64 Å². The first-order valence-corrected chi connectivity index (χ1v) is 8.46. The van der Waals surface area contributed by atoms with Crippen molar-refractivity contribution in [1.82, 2.24) is 9.88 Å². The summed E-state index contributed by atoms with van der Waals surface area (Å²) in [5, 5.41) is 0.946. The zero-order chi connectivity index (χ0) is 17.1. The summed E-state index contributed by atoms with van der Waals surface area (Å²) < 4.78 is 4.89. The number of aryl methyl sites for hydroxylation is 1. The van der Waals surface area contributed by atoms with Crippen LogP contribution in [0.15, 0.2) is 36.5 Å².